The van der Waals surface area contributed by atoms with Gasteiger partial charge in [-0.05, 0) is 25.7 Å². The molecule has 2 aromatic heterocycles. The number of hydrogen-bond donors (Lipinski definition) is 1. The van der Waals surface area contributed by atoms with Crippen molar-refractivity contribution in [2.75, 3.05) is 36.0 Å². The maximum atomic E-state index is 10.8. The number of piperidine rings is 1. The van der Waals surface area contributed by atoms with Crippen LogP contribution in [0.5, 0.6) is 0 Å². The number of aromatic nitrogens is 4. The second-order valence-corrected chi connectivity index (χ2v) is 7.12. The van der Waals surface area contributed by atoms with E-state index in [9.17, 15) is 5.11 Å². The lowest BCUT2D eigenvalue weighted by atomic mass is 9.92. The number of rotatable bonds is 4. The van der Waals surface area contributed by atoms with Gasteiger partial charge in [0.15, 0.2) is 0 Å². The molecule has 2 aliphatic heterocycles. The van der Waals surface area contributed by atoms with E-state index >= 15 is 0 Å². The minimum Gasteiger partial charge on any atom is -0.385 e. The molecule has 0 aromatic carbocycles. The van der Waals surface area contributed by atoms with E-state index in [2.05, 4.69) is 30.8 Å². The van der Waals surface area contributed by atoms with Crippen LogP contribution in [0, 0.1) is 5.92 Å². The Morgan fingerprint density at radius 3 is 2.48 bits per heavy atom. The number of hydrogen-bond acceptors (Lipinski definition) is 6. The molecule has 4 heterocycles. The SMILES string of the molecule is Cn1ccnc1[C@H](O)[C@H]1CCCN(c2cc(N3CCCC3)ncn2)C1. The molecule has 134 valence electrons. The summed E-state index contributed by atoms with van der Waals surface area (Å²) in [5, 5.41) is 10.8. The zero-order chi connectivity index (χ0) is 17.2. The summed E-state index contributed by atoms with van der Waals surface area (Å²) in [6, 6.07) is 2.10. The minimum atomic E-state index is -0.539. The normalized spacial score (nSPS) is 22.4. The van der Waals surface area contributed by atoms with E-state index in [4.69, 9.17) is 0 Å². The third-order valence-corrected chi connectivity index (χ3v) is 5.42. The van der Waals surface area contributed by atoms with Crippen molar-refractivity contribution < 1.29 is 5.11 Å². The van der Waals surface area contributed by atoms with Crippen LogP contribution in [0.4, 0.5) is 11.6 Å². The summed E-state index contributed by atoms with van der Waals surface area (Å²) in [5.74, 6) is 2.90. The Morgan fingerprint density at radius 1 is 1.04 bits per heavy atom. The smallest absolute Gasteiger partial charge is 0.137 e. The van der Waals surface area contributed by atoms with Gasteiger partial charge in [-0.15, -0.1) is 0 Å². The van der Waals surface area contributed by atoms with Crippen molar-refractivity contribution in [2.45, 2.75) is 31.8 Å². The second kappa shape index (κ2) is 7.00. The van der Waals surface area contributed by atoms with Crippen LogP contribution in [0.3, 0.4) is 0 Å². The molecular weight excluding hydrogens is 316 g/mol. The maximum absolute atomic E-state index is 10.8. The van der Waals surface area contributed by atoms with E-state index in [-0.39, 0.29) is 5.92 Å². The van der Waals surface area contributed by atoms with Crippen molar-refractivity contribution in [3.8, 4) is 0 Å². The van der Waals surface area contributed by atoms with E-state index in [0.29, 0.717) is 0 Å². The molecule has 2 saturated heterocycles. The second-order valence-electron chi connectivity index (χ2n) is 7.12. The van der Waals surface area contributed by atoms with Crippen LogP contribution in [0.15, 0.2) is 24.8 Å². The number of aryl methyl sites for hydroxylation is 1. The van der Waals surface area contributed by atoms with Gasteiger partial charge in [-0.1, -0.05) is 0 Å². The summed E-state index contributed by atoms with van der Waals surface area (Å²) in [6.45, 7) is 3.93. The molecule has 0 bridgehead atoms. The van der Waals surface area contributed by atoms with Crippen molar-refractivity contribution in [1.82, 2.24) is 19.5 Å². The molecule has 0 radical (unpaired) electrons. The zero-order valence-electron chi connectivity index (χ0n) is 14.8. The average Bonchev–Trinajstić information content (AvgIpc) is 3.33. The van der Waals surface area contributed by atoms with Gasteiger partial charge in [0.2, 0.25) is 0 Å². The molecular formula is C18H26N6O. The first-order valence-electron chi connectivity index (χ1n) is 9.19. The number of aliphatic hydroxyl groups is 1. The molecule has 0 unspecified atom stereocenters. The predicted octanol–water partition coefficient (Wildman–Crippen LogP) is 1.76. The first-order valence-corrected chi connectivity index (χ1v) is 9.19. The lowest BCUT2D eigenvalue weighted by Crippen LogP contribution is -2.39. The molecule has 0 saturated carbocycles. The standard InChI is InChI=1S/C18H26N6O/c1-22-10-6-19-18(22)17(25)14-5-4-9-24(12-14)16-11-15(20-13-21-16)23-7-2-3-8-23/h6,10-11,13-14,17,25H,2-5,7-9,12H2,1H3/t14-,17+/m0/s1. The number of imidazole rings is 1. The van der Waals surface area contributed by atoms with Crippen molar-refractivity contribution in [2.24, 2.45) is 13.0 Å². The fourth-order valence-electron chi connectivity index (χ4n) is 3.98. The van der Waals surface area contributed by atoms with Gasteiger partial charge in [0.05, 0.1) is 0 Å². The van der Waals surface area contributed by atoms with E-state index in [1.807, 2.05) is 17.8 Å². The van der Waals surface area contributed by atoms with Gasteiger partial charge in [0, 0.05) is 57.6 Å². The highest BCUT2D eigenvalue weighted by atomic mass is 16.3. The molecule has 2 atom stereocenters. The van der Waals surface area contributed by atoms with Gasteiger partial charge >= 0.3 is 0 Å². The Labute approximate surface area is 148 Å². The van der Waals surface area contributed by atoms with Crippen LogP contribution in [0.2, 0.25) is 0 Å². The van der Waals surface area contributed by atoms with Crippen LogP contribution in [0.1, 0.15) is 37.6 Å². The van der Waals surface area contributed by atoms with Gasteiger partial charge < -0.3 is 19.5 Å². The summed E-state index contributed by atoms with van der Waals surface area (Å²) < 4.78 is 1.90. The highest BCUT2D eigenvalue weighted by Gasteiger charge is 2.30. The molecule has 2 fully saturated rings. The number of nitrogens with zero attached hydrogens (tertiary/aromatic N) is 6. The lowest BCUT2D eigenvalue weighted by Gasteiger charge is -2.35. The van der Waals surface area contributed by atoms with Crippen LogP contribution in [0.25, 0.3) is 0 Å². The monoisotopic (exact) mass is 342 g/mol. The number of anilines is 2. The average molecular weight is 342 g/mol. The molecule has 0 amide bonds. The van der Waals surface area contributed by atoms with Crippen molar-refractivity contribution in [3.63, 3.8) is 0 Å². The predicted molar refractivity (Wildman–Crippen MR) is 96.6 cm³/mol. The fourth-order valence-corrected chi connectivity index (χ4v) is 3.98. The Kier molecular flexibility index (Phi) is 4.57. The third kappa shape index (κ3) is 3.33. The van der Waals surface area contributed by atoms with Crippen LogP contribution >= 0.6 is 0 Å². The highest BCUT2D eigenvalue weighted by Crippen LogP contribution is 2.31. The first-order chi connectivity index (χ1) is 12.2. The molecule has 7 nitrogen and oxygen atoms in total. The summed E-state index contributed by atoms with van der Waals surface area (Å²) in [5.41, 5.74) is 0. The molecule has 0 spiro atoms. The molecule has 1 N–H and O–H groups in total. The third-order valence-electron chi connectivity index (χ3n) is 5.42. The topological polar surface area (TPSA) is 70.3 Å². The Bertz CT molecular complexity index is 711. The molecule has 0 aliphatic carbocycles. The highest BCUT2D eigenvalue weighted by molar-refractivity contribution is 5.50. The summed E-state index contributed by atoms with van der Waals surface area (Å²) in [6.07, 6.45) is 9.29. The van der Waals surface area contributed by atoms with E-state index in [0.717, 1.165) is 56.5 Å². The van der Waals surface area contributed by atoms with Crippen LogP contribution in [-0.2, 0) is 7.05 Å². The van der Waals surface area contributed by atoms with E-state index < -0.39 is 6.10 Å². The van der Waals surface area contributed by atoms with Gasteiger partial charge in [-0.3, -0.25) is 0 Å². The molecule has 4 rings (SSSR count). The summed E-state index contributed by atoms with van der Waals surface area (Å²) >= 11 is 0. The molecule has 25 heavy (non-hydrogen) atoms. The minimum absolute atomic E-state index is 0.167. The molecule has 7 heteroatoms. The van der Waals surface area contributed by atoms with Crippen molar-refractivity contribution in [1.29, 1.82) is 0 Å². The number of aliphatic hydroxyl groups excluding tert-OH is 1. The Morgan fingerprint density at radius 2 is 1.76 bits per heavy atom. The quantitative estimate of drug-likeness (QED) is 0.913. The van der Waals surface area contributed by atoms with Gasteiger partial charge in [-0.25, -0.2) is 15.0 Å². The fraction of sp³-hybridized carbons (Fsp3) is 0.611. The summed E-state index contributed by atoms with van der Waals surface area (Å²) in [4.78, 5) is 17.9. The first kappa shape index (κ1) is 16.3. The van der Waals surface area contributed by atoms with Crippen LogP contribution in [-0.4, -0.2) is 50.8 Å². The van der Waals surface area contributed by atoms with Crippen molar-refractivity contribution >= 4 is 11.6 Å². The molecule has 2 aromatic rings. The van der Waals surface area contributed by atoms with Crippen LogP contribution < -0.4 is 9.80 Å². The van der Waals surface area contributed by atoms with Gasteiger partial charge in [0.25, 0.3) is 0 Å². The summed E-state index contributed by atoms with van der Waals surface area (Å²) in [7, 11) is 1.93. The lowest BCUT2D eigenvalue weighted by molar-refractivity contribution is 0.0874. The Balaban J connectivity index is 1.49. The van der Waals surface area contributed by atoms with E-state index in [1.54, 1.807) is 12.5 Å². The molecule has 2 aliphatic rings. The maximum Gasteiger partial charge on any atom is 0.137 e. The largest absolute Gasteiger partial charge is 0.385 e. The van der Waals surface area contributed by atoms with E-state index in [1.165, 1.54) is 12.8 Å². The van der Waals surface area contributed by atoms with Crippen molar-refractivity contribution in [3.05, 3.63) is 30.6 Å². The Hall–Kier alpha value is -2.15. The van der Waals surface area contributed by atoms with Gasteiger partial charge in [-0.2, -0.15) is 0 Å². The van der Waals surface area contributed by atoms with Gasteiger partial charge in [0.1, 0.15) is 29.9 Å². The zero-order valence-corrected chi connectivity index (χ0v) is 14.8.